The molecule has 200 valence electrons. The predicted octanol–water partition coefficient (Wildman–Crippen LogP) is 3.58. The largest absolute Gasteiger partial charge is 0.494 e. The van der Waals surface area contributed by atoms with Crippen molar-refractivity contribution in [2.45, 2.75) is 83.1 Å². The maximum absolute atomic E-state index is 5.90. The van der Waals surface area contributed by atoms with Crippen LogP contribution in [-0.4, -0.2) is 70.5 Å². The second-order valence-electron chi connectivity index (χ2n) is 11.2. The zero-order valence-electron chi connectivity index (χ0n) is 22.9. The lowest BCUT2D eigenvalue weighted by Crippen LogP contribution is -2.62. The van der Waals surface area contributed by atoms with Crippen LogP contribution in [-0.2, 0) is 4.74 Å². The number of nitrogens with one attached hydrogen (secondary N) is 1. The summed E-state index contributed by atoms with van der Waals surface area (Å²) in [6, 6.07) is 2.18. The van der Waals surface area contributed by atoms with Gasteiger partial charge in [0.05, 0.1) is 13.3 Å². The van der Waals surface area contributed by atoms with Gasteiger partial charge in [-0.25, -0.2) is 9.97 Å². The number of aliphatic imine (C=N–C) groups is 1. The maximum atomic E-state index is 5.90. The van der Waals surface area contributed by atoms with Gasteiger partial charge in [0.2, 0.25) is 5.82 Å². The Morgan fingerprint density at radius 3 is 2.51 bits per heavy atom. The van der Waals surface area contributed by atoms with Gasteiger partial charge in [0.25, 0.3) is 0 Å². The Hall–Kier alpha value is -3.11. The van der Waals surface area contributed by atoms with E-state index in [0.29, 0.717) is 23.3 Å². The monoisotopic (exact) mass is 508 g/mol. The van der Waals surface area contributed by atoms with E-state index in [-0.39, 0.29) is 17.3 Å². The molecule has 10 nitrogen and oxygen atoms in total. The summed E-state index contributed by atoms with van der Waals surface area (Å²) in [6.45, 7) is 9.70. The highest BCUT2D eigenvalue weighted by molar-refractivity contribution is 6.09. The normalized spacial score (nSPS) is 22.2. The molecule has 4 rings (SSSR count). The van der Waals surface area contributed by atoms with Crippen molar-refractivity contribution < 1.29 is 9.47 Å². The van der Waals surface area contributed by atoms with Gasteiger partial charge in [-0.1, -0.05) is 0 Å². The van der Waals surface area contributed by atoms with Crippen LogP contribution in [0.1, 0.15) is 65.4 Å². The highest BCUT2D eigenvalue weighted by Gasteiger charge is 2.39. The average molecular weight is 509 g/mol. The molecule has 4 heterocycles. The molecule has 0 amide bonds. The number of hydrogen-bond donors (Lipinski definition) is 2. The van der Waals surface area contributed by atoms with E-state index >= 15 is 0 Å². The molecule has 1 atom stereocenters. The van der Waals surface area contributed by atoms with E-state index < -0.39 is 0 Å². The van der Waals surface area contributed by atoms with Crippen LogP contribution in [0.2, 0.25) is 0 Å². The fourth-order valence-corrected chi connectivity index (χ4v) is 5.41. The summed E-state index contributed by atoms with van der Waals surface area (Å²) in [6.07, 6.45) is 11.7. The van der Waals surface area contributed by atoms with Gasteiger partial charge in [0.1, 0.15) is 12.0 Å². The standard InChI is InChI=1S/C27H40N8O2/c1-26(2)12-20(13-27(3,4)34-26)35(5)22-17-31-25(33-32-22)24-21(36-6)11-18(15-30-24)19(14-28)16-29-23-9-7-8-10-37-23/h11,14-17,20,23,34H,7-10,12-13,28H2,1-6H3. The molecule has 2 aromatic heterocycles. The minimum Gasteiger partial charge on any atom is -0.494 e. The average Bonchev–Trinajstić information content (AvgIpc) is 2.87. The number of hydrogen-bond acceptors (Lipinski definition) is 10. The number of methoxy groups -OCH3 is 1. The van der Waals surface area contributed by atoms with Crippen LogP contribution in [0.25, 0.3) is 17.1 Å². The third-order valence-electron chi connectivity index (χ3n) is 6.96. The van der Waals surface area contributed by atoms with Gasteiger partial charge in [-0.2, -0.15) is 0 Å². The first-order valence-electron chi connectivity index (χ1n) is 12.9. The summed E-state index contributed by atoms with van der Waals surface area (Å²) in [5.74, 6) is 1.66. The second-order valence-corrected chi connectivity index (χ2v) is 11.2. The summed E-state index contributed by atoms with van der Waals surface area (Å²) in [4.78, 5) is 15.9. The number of nitrogens with zero attached hydrogens (tertiary/aromatic N) is 6. The van der Waals surface area contributed by atoms with Gasteiger partial charge in [0, 0.05) is 60.5 Å². The molecule has 0 aromatic carbocycles. The molecule has 10 heteroatoms. The zero-order chi connectivity index (χ0) is 26.6. The Morgan fingerprint density at radius 2 is 1.92 bits per heavy atom. The van der Waals surface area contributed by atoms with E-state index in [1.54, 1.807) is 25.7 Å². The molecule has 0 aliphatic carbocycles. The minimum absolute atomic E-state index is 0.0332. The molecule has 37 heavy (non-hydrogen) atoms. The summed E-state index contributed by atoms with van der Waals surface area (Å²) in [5.41, 5.74) is 7.99. The molecule has 0 spiro atoms. The van der Waals surface area contributed by atoms with Crippen LogP contribution >= 0.6 is 0 Å². The summed E-state index contributed by atoms with van der Waals surface area (Å²) < 4.78 is 11.3. The van der Waals surface area contributed by atoms with E-state index in [0.717, 1.165) is 55.7 Å². The Morgan fingerprint density at radius 1 is 1.16 bits per heavy atom. The van der Waals surface area contributed by atoms with Crippen LogP contribution < -0.4 is 20.7 Å². The molecule has 0 radical (unpaired) electrons. The van der Waals surface area contributed by atoms with Crippen LogP contribution in [0, 0.1) is 0 Å². The van der Waals surface area contributed by atoms with Gasteiger partial charge >= 0.3 is 0 Å². The molecule has 0 saturated carbocycles. The Balaban J connectivity index is 1.51. The molecule has 2 aromatic rings. The van der Waals surface area contributed by atoms with E-state index in [1.165, 1.54) is 6.20 Å². The van der Waals surface area contributed by atoms with E-state index in [2.05, 4.69) is 70.1 Å². The SMILES string of the molecule is COc1cc(C(C=NC2CCCCO2)=CN)cnc1-c1ncc(N(C)C2CC(C)(C)NC(C)(C)C2)nn1. The highest BCUT2D eigenvalue weighted by Crippen LogP contribution is 2.33. The van der Waals surface area contributed by atoms with Gasteiger partial charge in [-0.15, -0.1) is 10.2 Å². The van der Waals surface area contributed by atoms with Crippen molar-refractivity contribution in [1.29, 1.82) is 0 Å². The number of pyridine rings is 1. The van der Waals surface area contributed by atoms with Crippen molar-refractivity contribution in [3.05, 3.63) is 30.2 Å². The summed E-state index contributed by atoms with van der Waals surface area (Å²) >= 11 is 0. The fourth-order valence-electron chi connectivity index (χ4n) is 5.41. The van der Waals surface area contributed by atoms with Crippen molar-refractivity contribution in [3.63, 3.8) is 0 Å². The van der Waals surface area contributed by atoms with Gasteiger partial charge in [0.15, 0.2) is 11.5 Å². The predicted molar refractivity (Wildman–Crippen MR) is 147 cm³/mol. The van der Waals surface area contributed by atoms with Crippen molar-refractivity contribution in [2.24, 2.45) is 10.7 Å². The number of anilines is 1. The van der Waals surface area contributed by atoms with Gasteiger partial charge in [-0.05, 0) is 65.9 Å². The lowest BCUT2D eigenvalue weighted by molar-refractivity contribution is 0.0227. The van der Waals surface area contributed by atoms with Crippen LogP contribution in [0.3, 0.4) is 0 Å². The molecular weight excluding hydrogens is 468 g/mol. The van der Waals surface area contributed by atoms with E-state index in [4.69, 9.17) is 15.2 Å². The topological polar surface area (TPSA) is 124 Å². The molecular formula is C27H40N8O2. The third-order valence-corrected chi connectivity index (χ3v) is 6.96. The molecule has 0 bridgehead atoms. The Kier molecular flexibility index (Phi) is 8.08. The summed E-state index contributed by atoms with van der Waals surface area (Å²) in [7, 11) is 3.65. The maximum Gasteiger partial charge on any atom is 0.204 e. The highest BCUT2D eigenvalue weighted by atomic mass is 16.5. The first-order valence-corrected chi connectivity index (χ1v) is 12.9. The van der Waals surface area contributed by atoms with Crippen molar-refractivity contribution in [3.8, 4) is 17.3 Å². The van der Waals surface area contributed by atoms with Crippen molar-refractivity contribution in [1.82, 2.24) is 25.5 Å². The van der Waals surface area contributed by atoms with E-state index in [9.17, 15) is 0 Å². The fraction of sp³-hybridized carbons (Fsp3) is 0.593. The molecule has 2 fully saturated rings. The number of nitrogens with two attached hydrogens (primary N) is 1. The number of ether oxygens (including phenoxy) is 2. The quantitative estimate of drug-likeness (QED) is 0.540. The van der Waals surface area contributed by atoms with Crippen molar-refractivity contribution in [2.75, 3.05) is 25.7 Å². The number of allylic oxidation sites excluding steroid dienone is 1. The number of aromatic nitrogens is 4. The smallest absolute Gasteiger partial charge is 0.204 e. The third kappa shape index (κ3) is 6.61. The van der Waals surface area contributed by atoms with Gasteiger partial charge in [-0.3, -0.25) is 4.99 Å². The lowest BCUT2D eigenvalue weighted by Gasteiger charge is -2.49. The minimum atomic E-state index is -0.129. The van der Waals surface area contributed by atoms with Crippen LogP contribution in [0.15, 0.2) is 29.7 Å². The van der Waals surface area contributed by atoms with Crippen LogP contribution in [0.5, 0.6) is 5.75 Å². The lowest BCUT2D eigenvalue weighted by atomic mass is 9.79. The zero-order valence-corrected chi connectivity index (χ0v) is 22.9. The molecule has 2 aliphatic rings. The molecule has 1 unspecified atom stereocenters. The van der Waals surface area contributed by atoms with Gasteiger partial charge < -0.3 is 25.4 Å². The molecule has 3 N–H and O–H groups in total. The Bertz CT molecular complexity index is 1110. The number of rotatable bonds is 7. The molecule has 2 saturated heterocycles. The van der Waals surface area contributed by atoms with E-state index in [1.807, 2.05) is 6.07 Å². The summed E-state index contributed by atoms with van der Waals surface area (Å²) in [5, 5.41) is 12.6. The first kappa shape index (κ1) is 26.9. The molecule has 2 aliphatic heterocycles. The number of piperidine rings is 1. The second kappa shape index (κ2) is 11.1. The van der Waals surface area contributed by atoms with Crippen molar-refractivity contribution >= 4 is 17.6 Å². The van der Waals surface area contributed by atoms with Crippen LogP contribution in [0.4, 0.5) is 5.82 Å². The first-order chi connectivity index (χ1) is 17.6. The Labute approximate surface area is 219 Å².